The second kappa shape index (κ2) is 12.7. The largest absolute Gasteiger partial charge is 0.351 e. The fourth-order valence-electron chi connectivity index (χ4n) is 4.17. The molecule has 6 nitrogen and oxygen atoms in total. The van der Waals surface area contributed by atoms with Crippen molar-refractivity contribution in [1.29, 1.82) is 0 Å². The number of rotatable bonds is 13. The summed E-state index contributed by atoms with van der Waals surface area (Å²) in [5.41, 5.74) is 1.95. The Morgan fingerprint density at radius 2 is 1.74 bits per heavy atom. The van der Waals surface area contributed by atoms with Gasteiger partial charge in [-0.3, -0.25) is 9.59 Å². The molecule has 2 heterocycles. The molecule has 184 valence electrons. The number of nitrogens with one attached hydrogen (secondary N) is 1. The van der Waals surface area contributed by atoms with Crippen LogP contribution in [0.1, 0.15) is 62.5 Å². The molecule has 0 saturated heterocycles. The number of hydrogen-bond donors (Lipinski definition) is 1. The van der Waals surface area contributed by atoms with E-state index in [0.717, 1.165) is 60.5 Å². The van der Waals surface area contributed by atoms with Crippen LogP contribution in [0, 0.1) is 11.8 Å². The van der Waals surface area contributed by atoms with Crippen LogP contribution in [0.15, 0.2) is 41.8 Å². The van der Waals surface area contributed by atoms with Crippen LogP contribution in [0.5, 0.6) is 0 Å². The van der Waals surface area contributed by atoms with Gasteiger partial charge < -0.3 is 14.8 Å². The summed E-state index contributed by atoms with van der Waals surface area (Å²) in [5, 5.41) is 4.90. The van der Waals surface area contributed by atoms with E-state index in [1.807, 2.05) is 40.6 Å². The average Bonchev–Trinajstić information content (AvgIpc) is 3.44. The first-order valence-electron chi connectivity index (χ1n) is 12.4. The lowest BCUT2D eigenvalue weighted by molar-refractivity contribution is -0.132. The van der Waals surface area contributed by atoms with Crippen molar-refractivity contribution in [3.8, 4) is 0 Å². The van der Waals surface area contributed by atoms with Gasteiger partial charge in [0.25, 0.3) is 5.91 Å². The SMILES string of the molecule is CC(C)CN(CC(C)C)C(=O)Cn1c(CCCCCNC(=O)c2cccs2)nc2ccccc21. The summed E-state index contributed by atoms with van der Waals surface area (Å²) >= 11 is 1.46. The van der Waals surface area contributed by atoms with Crippen molar-refractivity contribution in [2.24, 2.45) is 11.8 Å². The number of hydrogen-bond acceptors (Lipinski definition) is 4. The molecule has 0 bridgehead atoms. The van der Waals surface area contributed by atoms with Crippen LogP contribution in [-0.4, -0.2) is 45.9 Å². The molecule has 2 aromatic heterocycles. The van der Waals surface area contributed by atoms with Crippen molar-refractivity contribution in [2.75, 3.05) is 19.6 Å². The summed E-state index contributed by atoms with van der Waals surface area (Å²) in [5.74, 6) is 1.99. The molecule has 0 aliphatic rings. The van der Waals surface area contributed by atoms with Crippen LogP contribution in [0.2, 0.25) is 0 Å². The normalized spacial score (nSPS) is 11.5. The molecule has 0 radical (unpaired) electrons. The number of unbranched alkanes of at least 4 members (excludes halogenated alkanes) is 2. The zero-order chi connectivity index (χ0) is 24.5. The van der Waals surface area contributed by atoms with E-state index in [1.54, 1.807) is 0 Å². The quantitative estimate of drug-likeness (QED) is 0.333. The lowest BCUT2D eigenvalue weighted by Crippen LogP contribution is -2.39. The molecule has 7 heteroatoms. The Morgan fingerprint density at radius 3 is 2.41 bits per heavy atom. The van der Waals surface area contributed by atoms with Gasteiger partial charge in [0.2, 0.25) is 5.91 Å². The monoisotopic (exact) mass is 482 g/mol. The lowest BCUT2D eigenvalue weighted by Gasteiger charge is -2.27. The van der Waals surface area contributed by atoms with Crippen molar-refractivity contribution < 1.29 is 9.59 Å². The molecule has 0 aliphatic carbocycles. The Bertz CT molecular complexity index is 1050. The highest BCUT2D eigenvalue weighted by molar-refractivity contribution is 7.12. The maximum absolute atomic E-state index is 13.3. The van der Waals surface area contributed by atoms with Gasteiger partial charge in [0.1, 0.15) is 12.4 Å². The van der Waals surface area contributed by atoms with E-state index < -0.39 is 0 Å². The van der Waals surface area contributed by atoms with Gasteiger partial charge in [-0.15, -0.1) is 11.3 Å². The first-order chi connectivity index (χ1) is 16.3. The molecule has 1 N–H and O–H groups in total. The number of nitrogens with zero attached hydrogens (tertiary/aromatic N) is 3. The van der Waals surface area contributed by atoms with E-state index in [0.29, 0.717) is 24.9 Å². The van der Waals surface area contributed by atoms with E-state index in [1.165, 1.54) is 11.3 Å². The molecule has 2 amide bonds. The van der Waals surface area contributed by atoms with Gasteiger partial charge in [-0.05, 0) is 48.3 Å². The van der Waals surface area contributed by atoms with Crippen LogP contribution >= 0.6 is 11.3 Å². The minimum Gasteiger partial charge on any atom is -0.351 e. The van der Waals surface area contributed by atoms with Crippen molar-refractivity contribution >= 4 is 34.2 Å². The molecule has 3 rings (SSSR count). The molecular formula is C27H38N4O2S. The number of carbonyl (C=O) groups is 2. The number of aryl methyl sites for hydroxylation is 1. The Morgan fingerprint density at radius 1 is 1.00 bits per heavy atom. The van der Waals surface area contributed by atoms with Crippen molar-refractivity contribution in [2.45, 2.75) is 59.9 Å². The molecule has 0 spiro atoms. The van der Waals surface area contributed by atoms with E-state index in [2.05, 4.69) is 43.6 Å². The number of imidazole rings is 1. The number of aromatic nitrogens is 2. The highest BCUT2D eigenvalue weighted by atomic mass is 32.1. The molecular weight excluding hydrogens is 444 g/mol. The Labute approximate surface area is 207 Å². The van der Waals surface area contributed by atoms with E-state index >= 15 is 0 Å². The van der Waals surface area contributed by atoms with Gasteiger partial charge in [0, 0.05) is 26.1 Å². The standard InChI is InChI=1S/C27H38N4O2S/c1-20(2)17-30(18-21(3)4)26(32)19-31-23-12-8-7-11-22(23)29-25(31)14-6-5-9-15-28-27(33)24-13-10-16-34-24/h7-8,10-13,16,20-21H,5-6,9,14-15,17-19H2,1-4H3,(H,28,33). The molecule has 34 heavy (non-hydrogen) atoms. The Kier molecular flexibility index (Phi) is 9.69. The third-order valence-electron chi connectivity index (χ3n) is 5.66. The number of carbonyl (C=O) groups excluding carboxylic acids is 2. The zero-order valence-electron chi connectivity index (χ0n) is 20.9. The predicted molar refractivity (Wildman–Crippen MR) is 140 cm³/mol. The van der Waals surface area contributed by atoms with E-state index in [9.17, 15) is 9.59 Å². The summed E-state index contributed by atoms with van der Waals surface area (Å²) in [4.78, 5) is 32.9. The van der Waals surface area contributed by atoms with Crippen LogP contribution in [-0.2, 0) is 17.8 Å². The molecule has 0 fully saturated rings. The molecule has 3 aromatic rings. The average molecular weight is 483 g/mol. The summed E-state index contributed by atoms with van der Waals surface area (Å²) in [6, 6.07) is 11.8. The van der Waals surface area contributed by atoms with Gasteiger partial charge in [-0.2, -0.15) is 0 Å². The van der Waals surface area contributed by atoms with Gasteiger partial charge in [-0.1, -0.05) is 52.3 Å². The number of benzene rings is 1. The third kappa shape index (κ3) is 7.42. The lowest BCUT2D eigenvalue weighted by atomic mass is 10.1. The smallest absolute Gasteiger partial charge is 0.261 e. The van der Waals surface area contributed by atoms with Gasteiger partial charge in [0.15, 0.2) is 0 Å². The Hall–Kier alpha value is -2.67. The number of amides is 2. The van der Waals surface area contributed by atoms with Crippen LogP contribution < -0.4 is 5.32 Å². The van der Waals surface area contributed by atoms with Gasteiger partial charge >= 0.3 is 0 Å². The molecule has 0 saturated carbocycles. The minimum absolute atomic E-state index is 0.00246. The fourth-order valence-corrected chi connectivity index (χ4v) is 4.81. The summed E-state index contributed by atoms with van der Waals surface area (Å²) in [7, 11) is 0. The van der Waals surface area contributed by atoms with Crippen molar-refractivity contribution in [3.63, 3.8) is 0 Å². The molecule has 0 unspecified atom stereocenters. The topological polar surface area (TPSA) is 67.2 Å². The zero-order valence-corrected chi connectivity index (χ0v) is 21.7. The maximum atomic E-state index is 13.3. The second-order valence-corrected chi connectivity index (χ2v) is 10.7. The van der Waals surface area contributed by atoms with Crippen LogP contribution in [0.25, 0.3) is 11.0 Å². The number of fused-ring (bicyclic) bond motifs is 1. The van der Waals surface area contributed by atoms with Crippen LogP contribution in [0.3, 0.4) is 0 Å². The first-order valence-corrected chi connectivity index (χ1v) is 13.3. The number of para-hydroxylation sites is 2. The second-order valence-electron chi connectivity index (χ2n) is 9.73. The highest BCUT2D eigenvalue weighted by Gasteiger charge is 2.20. The fraction of sp³-hybridized carbons (Fsp3) is 0.519. The molecule has 1 aromatic carbocycles. The summed E-state index contributed by atoms with van der Waals surface area (Å²) in [6.45, 7) is 11.2. The van der Waals surface area contributed by atoms with Crippen LogP contribution in [0.4, 0.5) is 0 Å². The van der Waals surface area contributed by atoms with Crippen molar-refractivity contribution in [3.05, 3.63) is 52.5 Å². The third-order valence-corrected chi connectivity index (χ3v) is 6.53. The minimum atomic E-state index is 0.00246. The first kappa shape index (κ1) is 25.9. The maximum Gasteiger partial charge on any atom is 0.261 e. The number of thiophene rings is 1. The van der Waals surface area contributed by atoms with Crippen molar-refractivity contribution in [1.82, 2.24) is 19.8 Å². The van der Waals surface area contributed by atoms with E-state index in [4.69, 9.17) is 4.98 Å². The molecule has 0 aliphatic heterocycles. The predicted octanol–water partition coefficient (Wildman–Crippen LogP) is 5.38. The van der Waals surface area contributed by atoms with E-state index in [-0.39, 0.29) is 11.8 Å². The summed E-state index contributed by atoms with van der Waals surface area (Å²) in [6.07, 6.45) is 3.70. The van der Waals surface area contributed by atoms with Gasteiger partial charge in [0.05, 0.1) is 15.9 Å². The van der Waals surface area contributed by atoms with Gasteiger partial charge in [-0.25, -0.2) is 4.98 Å². The Balaban J connectivity index is 1.59. The highest BCUT2D eigenvalue weighted by Crippen LogP contribution is 2.19. The molecule has 0 atom stereocenters. The summed E-state index contributed by atoms with van der Waals surface area (Å²) < 4.78 is 2.10.